The Morgan fingerprint density at radius 2 is 2.29 bits per heavy atom. The number of nitrogens with zero attached hydrogens (tertiary/aromatic N) is 5. The van der Waals surface area contributed by atoms with E-state index in [9.17, 15) is 0 Å². The van der Waals surface area contributed by atoms with Crippen molar-refractivity contribution in [1.82, 2.24) is 31.0 Å². The number of aliphatic imine (C=N–C) groups is 1. The van der Waals surface area contributed by atoms with Crippen LogP contribution in [0.5, 0.6) is 0 Å². The van der Waals surface area contributed by atoms with Crippen molar-refractivity contribution in [2.24, 2.45) is 4.99 Å². The van der Waals surface area contributed by atoms with Gasteiger partial charge >= 0.3 is 0 Å². The number of guanidine groups is 1. The Bertz CT molecular complexity index is 451. The number of rotatable bonds is 8. The highest BCUT2D eigenvalue weighted by Gasteiger charge is 1.97. The minimum absolute atomic E-state index is 0.501. The Morgan fingerprint density at radius 3 is 2.95 bits per heavy atom. The number of nitrogens with one attached hydrogen (secondary N) is 3. The molecule has 0 radical (unpaired) electrons. The lowest BCUT2D eigenvalue weighted by Gasteiger charge is -2.12. The van der Waals surface area contributed by atoms with Crippen LogP contribution in [0.25, 0.3) is 0 Å². The van der Waals surface area contributed by atoms with Gasteiger partial charge in [0.2, 0.25) is 5.96 Å². The summed E-state index contributed by atoms with van der Waals surface area (Å²) >= 11 is 0. The second-order valence-corrected chi connectivity index (χ2v) is 4.59. The van der Waals surface area contributed by atoms with E-state index >= 15 is 0 Å². The minimum Gasteiger partial charge on any atom is -0.354 e. The van der Waals surface area contributed by atoms with Gasteiger partial charge < -0.3 is 15.5 Å². The Kier molecular flexibility index (Phi) is 8.44. The summed E-state index contributed by atoms with van der Waals surface area (Å²) in [5.74, 6) is 0.501. The molecule has 1 aromatic rings. The van der Waals surface area contributed by atoms with Crippen LogP contribution in [0.1, 0.15) is 5.69 Å². The van der Waals surface area contributed by atoms with Crippen LogP contribution >= 0.6 is 0 Å². The molecule has 1 aromatic heterocycles. The van der Waals surface area contributed by atoms with Crippen molar-refractivity contribution in [1.29, 1.82) is 5.26 Å². The van der Waals surface area contributed by atoms with Gasteiger partial charge in [-0.25, -0.2) is 0 Å². The predicted octanol–water partition coefficient (Wildman–Crippen LogP) is -0.856. The molecule has 1 rings (SSSR count). The molecule has 0 unspecified atom stereocenters. The first kappa shape index (κ1) is 16.8. The average Bonchev–Trinajstić information content (AvgIpc) is 2.47. The number of hydrogen-bond acceptors (Lipinski definition) is 6. The molecule has 8 nitrogen and oxygen atoms in total. The predicted molar refractivity (Wildman–Crippen MR) is 81.3 cm³/mol. The summed E-state index contributed by atoms with van der Waals surface area (Å²) in [6, 6.07) is 3.76. The monoisotopic (exact) mass is 290 g/mol. The first-order valence-corrected chi connectivity index (χ1v) is 6.78. The van der Waals surface area contributed by atoms with E-state index in [4.69, 9.17) is 5.26 Å². The molecular formula is C13H22N8. The lowest BCUT2D eigenvalue weighted by Crippen LogP contribution is -2.39. The third-order valence-electron chi connectivity index (χ3n) is 2.52. The standard InChI is InChI=1S/C13H22N8/c1-21(2)9-8-17-13(18-11-14)16-7-6-15-10-12-4-3-5-19-20-12/h3-5,15H,6-10H2,1-2H3,(H2,16,17,18). The molecule has 0 aliphatic carbocycles. The molecule has 0 saturated carbocycles. The van der Waals surface area contributed by atoms with E-state index in [1.54, 1.807) is 6.20 Å². The van der Waals surface area contributed by atoms with Crippen LogP contribution in [0.15, 0.2) is 23.3 Å². The molecule has 0 spiro atoms. The zero-order chi connectivity index (χ0) is 15.3. The van der Waals surface area contributed by atoms with Crippen LogP contribution in [0.4, 0.5) is 0 Å². The lowest BCUT2D eigenvalue weighted by molar-refractivity contribution is 0.412. The average molecular weight is 290 g/mol. The highest BCUT2D eigenvalue weighted by molar-refractivity contribution is 5.81. The first-order valence-electron chi connectivity index (χ1n) is 6.78. The molecule has 114 valence electrons. The smallest absolute Gasteiger partial charge is 0.204 e. The molecule has 0 aliphatic rings. The summed E-state index contributed by atoms with van der Waals surface area (Å²) < 4.78 is 0. The van der Waals surface area contributed by atoms with Crippen molar-refractivity contribution in [3.63, 3.8) is 0 Å². The van der Waals surface area contributed by atoms with Crippen molar-refractivity contribution in [2.75, 3.05) is 40.3 Å². The highest BCUT2D eigenvalue weighted by atomic mass is 15.2. The van der Waals surface area contributed by atoms with Crippen molar-refractivity contribution in [3.8, 4) is 6.19 Å². The van der Waals surface area contributed by atoms with Crippen molar-refractivity contribution >= 4 is 5.96 Å². The molecule has 0 amide bonds. The number of nitriles is 1. The Balaban J connectivity index is 2.22. The van der Waals surface area contributed by atoms with E-state index in [1.807, 2.05) is 32.4 Å². The van der Waals surface area contributed by atoms with Gasteiger partial charge in [-0.2, -0.15) is 15.5 Å². The van der Waals surface area contributed by atoms with E-state index in [0.717, 1.165) is 18.8 Å². The molecule has 3 N–H and O–H groups in total. The van der Waals surface area contributed by atoms with Crippen LogP contribution < -0.4 is 16.0 Å². The second kappa shape index (κ2) is 10.5. The molecule has 21 heavy (non-hydrogen) atoms. The molecule has 0 fully saturated rings. The summed E-state index contributed by atoms with van der Waals surface area (Å²) in [6.45, 7) is 3.52. The first-order chi connectivity index (χ1) is 10.2. The van der Waals surface area contributed by atoms with Gasteiger partial charge in [-0.15, -0.1) is 0 Å². The van der Waals surface area contributed by atoms with E-state index in [2.05, 4.69) is 36.0 Å². The van der Waals surface area contributed by atoms with E-state index in [-0.39, 0.29) is 0 Å². The van der Waals surface area contributed by atoms with Crippen molar-refractivity contribution in [2.45, 2.75) is 6.54 Å². The third kappa shape index (κ3) is 8.52. The van der Waals surface area contributed by atoms with Gasteiger partial charge in [-0.3, -0.25) is 10.3 Å². The summed E-state index contributed by atoms with van der Waals surface area (Å²) in [7, 11) is 3.99. The maximum Gasteiger partial charge on any atom is 0.204 e. The molecule has 0 aliphatic heterocycles. The summed E-state index contributed by atoms with van der Waals surface area (Å²) in [5, 5.41) is 25.3. The summed E-state index contributed by atoms with van der Waals surface area (Å²) in [4.78, 5) is 6.35. The highest BCUT2D eigenvalue weighted by Crippen LogP contribution is 1.88. The van der Waals surface area contributed by atoms with Gasteiger partial charge in [0.05, 0.1) is 12.2 Å². The van der Waals surface area contributed by atoms with Crippen LogP contribution in [-0.2, 0) is 6.54 Å². The molecule has 8 heteroatoms. The third-order valence-corrected chi connectivity index (χ3v) is 2.52. The zero-order valence-corrected chi connectivity index (χ0v) is 12.5. The molecule has 0 aromatic carbocycles. The molecule has 1 heterocycles. The number of aromatic nitrogens is 2. The lowest BCUT2D eigenvalue weighted by atomic mass is 10.4. The van der Waals surface area contributed by atoms with Crippen LogP contribution in [0.2, 0.25) is 0 Å². The minimum atomic E-state index is 0.501. The van der Waals surface area contributed by atoms with E-state index in [0.29, 0.717) is 25.6 Å². The van der Waals surface area contributed by atoms with Crippen LogP contribution in [0, 0.1) is 11.5 Å². The van der Waals surface area contributed by atoms with Crippen molar-refractivity contribution < 1.29 is 0 Å². The molecule has 0 saturated heterocycles. The van der Waals surface area contributed by atoms with Crippen molar-refractivity contribution in [3.05, 3.63) is 24.0 Å². The molecule has 0 bridgehead atoms. The fourth-order valence-electron chi connectivity index (χ4n) is 1.48. The fourth-order valence-corrected chi connectivity index (χ4v) is 1.48. The van der Waals surface area contributed by atoms with E-state index in [1.165, 1.54) is 0 Å². The number of likely N-dealkylation sites (N-methyl/N-ethyl adjacent to an activating group) is 1. The van der Waals surface area contributed by atoms with Gasteiger partial charge in [-0.05, 0) is 26.2 Å². The maximum atomic E-state index is 8.67. The van der Waals surface area contributed by atoms with Gasteiger partial charge in [0.25, 0.3) is 0 Å². The Labute approximate surface area is 125 Å². The second-order valence-electron chi connectivity index (χ2n) is 4.59. The maximum absolute atomic E-state index is 8.67. The zero-order valence-electron chi connectivity index (χ0n) is 12.5. The summed E-state index contributed by atoms with van der Waals surface area (Å²) in [5.41, 5.74) is 0.890. The van der Waals surface area contributed by atoms with Crippen LogP contribution in [0.3, 0.4) is 0 Å². The normalized spacial score (nSPS) is 11.2. The van der Waals surface area contributed by atoms with Crippen LogP contribution in [-0.4, -0.2) is 61.3 Å². The van der Waals surface area contributed by atoms with Gasteiger partial charge in [0.1, 0.15) is 0 Å². The SMILES string of the molecule is CN(C)CCN/C(=N/CCNCc1cccnn1)NC#N. The quantitative estimate of drug-likeness (QED) is 0.188. The Morgan fingerprint density at radius 1 is 1.43 bits per heavy atom. The molecule has 0 atom stereocenters. The topological polar surface area (TPSA) is 101 Å². The number of hydrogen-bond donors (Lipinski definition) is 3. The fraction of sp³-hybridized carbons (Fsp3) is 0.538. The van der Waals surface area contributed by atoms with E-state index < -0.39 is 0 Å². The largest absolute Gasteiger partial charge is 0.354 e. The van der Waals surface area contributed by atoms with Gasteiger partial charge in [-0.1, -0.05) is 0 Å². The Hall–Kier alpha value is -2.24. The van der Waals surface area contributed by atoms with Gasteiger partial charge in [0.15, 0.2) is 6.19 Å². The summed E-state index contributed by atoms with van der Waals surface area (Å²) in [6.07, 6.45) is 3.52. The molecular weight excluding hydrogens is 268 g/mol. The van der Waals surface area contributed by atoms with Gasteiger partial charge in [0, 0.05) is 32.4 Å².